The molecule has 1 aliphatic carbocycles. The lowest BCUT2D eigenvalue weighted by molar-refractivity contribution is 0.251. The summed E-state index contributed by atoms with van der Waals surface area (Å²) in [6.07, 6.45) is 9.99. The zero-order valence-electron chi connectivity index (χ0n) is 19.8. The van der Waals surface area contributed by atoms with Gasteiger partial charge >= 0.3 is 0 Å². The Morgan fingerprint density at radius 3 is 1.94 bits per heavy atom. The van der Waals surface area contributed by atoms with E-state index in [1.807, 2.05) is 18.2 Å². The van der Waals surface area contributed by atoms with E-state index < -0.39 is 0 Å². The van der Waals surface area contributed by atoms with Gasteiger partial charge in [-0.1, -0.05) is 103 Å². The van der Waals surface area contributed by atoms with Crippen LogP contribution < -0.4 is 0 Å². The first-order chi connectivity index (χ1) is 16.8. The number of likely N-dealkylation sites (tertiary alicyclic amines) is 1. The molecule has 34 heavy (non-hydrogen) atoms. The maximum Gasteiger partial charge on any atom is 0.0712 e. The topological polar surface area (TPSA) is 27.0 Å². The van der Waals surface area contributed by atoms with Crippen molar-refractivity contribution < 1.29 is 0 Å². The van der Waals surface area contributed by atoms with Crippen molar-refractivity contribution >= 4 is 17.7 Å². The second-order valence-electron chi connectivity index (χ2n) is 9.42. The highest BCUT2D eigenvalue weighted by Crippen LogP contribution is 2.38. The third-order valence-corrected chi connectivity index (χ3v) is 7.29. The van der Waals surface area contributed by atoms with Gasteiger partial charge in [0, 0.05) is 13.1 Å². The maximum atomic E-state index is 9.57. The molecular formula is C32H32N2. The molecule has 5 rings (SSSR count). The van der Waals surface area contributed by atoms with Gasteiger partial charge < -0.3 is 4.90 Å². The van der Waals surface area contributed by atoms with Crippen LogP contribution in [-0.4, -0.2) is 24.5 Å². The molecule has 0 radical (unpaired) electrons. The van der Waals surface area contributed by atoms with E-state index >= 15 is 0 Å². The quantitative estimate of drug-likeness (QED) is 0.287. The van der Waals surface area contributed by atoms with Crippen LogP contribution in [0.25, 0.3) is 17.7 Å². The van der Waals surface area contributed by atoms with E-state index in [0.29, 0.717) is 0 Å². The minimum Gasteiger partial charge on any atom is -0.303 e. The third kappa shape index (κ3) is 4.91. The van der Waals surface area contributed by atoms with Gasteiger partial charge in [0.2, 0.25) is 0 Å². The Balaban J connectivity index is 1.23. The molecule has 0 N–H and O–H groups in total. The monoisotopic (exact) mass is 444 g/mol. The Kier molecular flexibility index (Phi) is 7.03. The highest BCUT2D eigenvalue weighted by atomic mass is 15.1. The summed E-state index contributed by atoms with van der Waals surface area (Å²) in [7, 11) is 0. The van der Waals surface area contributed by atoms with Crippen molar-refractivity contribution in [3.63, 3.8) is 0 Å². The molecule has 1 unspecified atom stereocenters. The smallest absolute Gasteiger partial charge is 0.0712 e. The SMILES string of the molecule is N#CC(CCCCN1CCC(=C2c3ccccc3C=Cc3ccccc32)CC1)c1ccccc1. The van der Waals surface area contributed by atoms with Crippen LogP contribution in [0.2, 0.25) is 0 Å². The molecule has 2 aliphatic rings. The molecule has 1 saturated heterocycles. The summed E-state index contributed by atoms with van der Waals surface area (Å²) >= 11 is 0. The molecule has 1 fully saturated rings. The van der Waals surface area contributed by atoms with Gasteiger partial charge in [0.15, 0.2) is 0 Å². The molecule has 2 nitrogen and oxygen atoms in total. The van der Waals surface area contributed by atoms with Gasteiger partial charge in [0.25, 0.3) is 0 Å². The van der Waals surface area contributed by atoms with Gasteiger partial charge in [-0.05, 0) is 65.6 Å². The number of nitrogens with zero attached hydrogens (tertiary/aromatic N) is 2. The van der Waals surface area contributed by atoms with E-state index in [2.05, 4.69) is 83.8 Å². The van der Waals surface area contributed by atoms with Crippen LogP contribution in [0.1, 0.15) is 65.8 Å². The molecule has 0 saturated carbocycles. The number of piperidine rings is 1. The number of hydrogen-bond acceptors (Lipinski definition) is 2. The number of unbranched alkanes of at least 4 members (excludes halogenated alkanes) is 1. The van der Waals surface area contributed by atoms with Crippen molar-refractivity contribution in [2.24, 2.45) is 0 Å². The predicted octanol–water partition coefficient (Wildman–Crippen LogP) is 7.55. The number of rotatable bonds is 6. The van der Waals surface area contributed by atoms with Gasteiger partial charge in [0.05, 0.1) is 12.0 Å². The molecule has 1 heterocycles. The number of nitriles is 1. The lowest BCUT2D eigenvalue weighted by Crippen LogP contribution is -2.32. The molecule has 0 spiro atoms. The Morgan fingerprint density at radius 1 is 0.735 bits per heavy atom. The molecule has 0 amide bonds. The standard InChI is InChI=1S/C32H32N2/c33-24-29(25-10-2-1-3-11-25)14-8-9-21-34-22-19-28(20-23-34)32-30-15-6-4-12-26(30)17-18-27-13-5-7-16-31(27)32/h1-7,10-13,15-18,29H,8-9,14,19-23H2. The van der Waals surface area contributed by atoms with Crippen LogP contribution in [0.5, 0.6) is 0 Å². The zero-order valence-corrected chi connectivity index (χ0v) is 19.8. The van der Waals surface area contributed by atoms with Gasteiger partial charge in [0.1, 0.15) is 0 Å². The van der Waals surface area contributed by atoms with Gasteiger partial charge in [-0.25, -0.2) is 0 Å². The number of fused-ring (bicyclic) bond motifs is 2. The maximum absolute atomic E-state index is 9.57. The summed E-state index contributed by atoms with van der Waals surface area (Å²) in [6, 6.07) is 30.4. The molecule has 3 aromatic carbocycles. The fourth-order valence-corrected chi connectivity index (χ4v) is 5.42. The van der Waals surface area contributed by atoms with Crippen molar-refractivity contribution in [1.29, 1.82) is 5.26 Å². The second-order valence-corrected chi connectivity index (χ2v) is 9.42. The lowest BCUT2D eigenvalue weighted by Gasteiger charge is -2.30. The largest absolute Gasteiger partial charge is 0.303 e. The van der Waals surface area contributed by atoms with Crippen LogP contribution in [0.3, 0.4) is 0 Å². The van der Waals surface area contributed by atoms with Crippen LogP contribution in [0, 0.1) is 11.3 Å². The molecule has 1 aliphatic heterocycles. The van der Waals surface area contributed by atoms with Crippen molar-refractivity contribution in [3.8, 4) is 6.07 Å². The Labute approximate surface area is 203 Å². The Bertz CT molecular complexity index is 1170. The van der Waals surface area contributed by atoms with Crippen molar-refractivity contribution in [3.05, 3.63) is 112 Å². The molecule has 2 heteroatoms. The summed E-state index contributed by atoms with van der Waals surface area (Å²) in [6.45, 7) is 3.37. The molecule has 3 aromatic rings. The first kappa shape index (κ1) is 22.4. The molecule has 1 atom stereocenters. The Hall–Kier alpha value is -3.41. The van der Waals surface area contributed by atoms with Gasteiger partial charge in [-0.3, -0.25) is 0 Å². The van der Waals surface area contributed by atoms with Crippen LogP contribution in [-0.2, 0) is 0 Å². The van der Waals surface area contributed by atoms with Gasteiger partial charge in [-0.2, -0.15) is 5.26 Å². The van der Waals surface area contributed by atoms with E-state index in [-0.39, 0.29) is 5.92 Å². The minimum atomic E-state index is 0.0166. The fourth-order valence-electron chi connectivity index (χ4n) is 5.42. The van der Waals surface area contributed by atoms with E-state index in [1.54, 1.807) is 5.57 Å². The van der Waals surface area contributed by atoms with Crippen LogP contribution in [0.4, 0.5) is 0 Å². The van der Waals surface area contributed by atoms with Crippen LogP contribution in [0.15, 0.2) is 84.4 Å². The van der Waals surface area contributed by atoms with Gasteiger partial charge in [-0.15, -0.1) is 0 Å². The fraction of sp³-hybridized carbons (Fsp3) is 0.281. The average Bonchev–Trinajstić information content (AvgIpc) is 3.07. The summed E-state index contributed by atoms with van der Waals surface area (Å²) < 4.78 is 0. The first-order valence-electron chi connectivity index (χ1n) is 12.6. The highest BCUT2D eigenvalue weighted by Gasteiger charge is 2.22. The first-order valence-corrected chi connectivity index (χ1v) is 12.6. The van der Waals surface area contributed by atoms with E-state index in [1.165, 1.54) is 27.8 Å². The molecule has 0 bridgehead atoms. The van der Waals surface area contributed by atoms with Crippen molar-refractivity contribution in [1.82, 2.24) is 4.90 Å². The lowest BCUT2D eigenvalue weighted by atomic mass is 9.86. The molecule has 0 aromatic heterocycles. The molecular weight excluding hydrogens is 412 g/mol. The number of hydrogen-bond donors (Lipinski definition) is 0. The Morgan fingerprint density at radius 2 is 1.32 bits per heavy atom. The van der Waals surface area contributed by atoms with E-state index in [0.717, 1.165) is 57.3 Å². The second kappa shape index (κ2) is 10.7. The number of benzene rings is 3. The third-order valence-electron chi connectivity index (χ3n) is 7.29. The van der Waals surface area contributed by atoms with Crippen molar-refractivity contribution in [2.75, 3.05) is 19.6 Å². The summed E-state index contributed by atoms with van der Waals surface area (Å²) in [4.78, 5) is 2.61. The minimum absolute atomic E-state index is 0.0166. The highest BCUT2D eigenvalue weighted by molar-refractivity contribution is 5.94. The van der Waals surface area contributed by atoms with E-state index in [9.17, 15) is 5.26 Å². The normalized spacial score (nSPS) is 16.3. The summed E-state index contributed by atoms with van der Waals surface area (Å²) in [5.74, 6) is 0.0166. The summed E-state index contributed by atoms with van der Waals surface area (Å²) in [5, 5.41) is 9.57. The average molecular weight is 445 g/mol. The summed E-state index contributed by atoms with van der Waals surface area (Å²) in [5.41, 5.74) is 9.57. The van der Waals surface area contributed by atoms with E-state index in [4.69, 9.17) is 0 Å². The predicted molar refractivity (Wildman–Crippen MR) is 142 cm³/mol. The molecule has 170 valence electrons. The van der Waals surface area contributed by atoms with Crippen LogP contribution >= 0.6 is 0 Å². The zero-order chi connectivity index (χ0) is 23.2. The van der Waals surface area contributed by atoms with Crippen molar-refractivity contribution in [2.45, 2.75) is 38.0 Å².